The molecular formula is C21H15FN4O4S. The number of anilines is 1. The van der Waals surface area contributed by atoms with E-state index in [2.05, 4.69) is 14.7 Å². The third-order valence-electron chi connectivity index (χ3n) is 4.71. The third kappa shape index (κ3) is 3.73. The summed E-state index contributed by atoms with van der Waals surface area (Å²) < 4.78 is 30.0. The topological polar surface area (TPSA) is 95.3 Å². The van der Waals surface area contributed by atoms with Crippen molar-refractivity contribution in [3.63, 3.8) is 0 Å². The Morgan fingerprint density at radius 2 is 1.90 bits per heavy atom. The molecule has 31 heavy (non-hydrogen) atoms. The lowest BCUT2D eigenvalue weighted by Crippen LogP contribution is -2.27. The van der Waals surface area contributed by atoms with E-state index in [1.165, 1.54) is 23.0 Å². The number of carbonyl (C=O) groups excluding carboxylic acids is 1. The molecule has 2 aromatic heterocycles. The van der Waals surface area contributed by atoms with Crippen molar-refractivity contribution in [3.8, 4) is 22.8 Å². The Balaban J connectivity index is 1.37. The minimum Gasteiger partial charge on any atom is -0.486 e. The van der Waals surface area contributed by atoms with Gasteiger partial charge >= 0.3 is 0 Å². The van der Waals surface area contributed by atoms with Crippen LogP contribution in [0.1, 0.15) is 0 Å². The number of aromatic nitrogens is 3. The fourth-order valence-electron chi connectivity index (χ4n) is 3.24. The highest BCUT2D eigenvalue weighted by Crippen LogP contribution is 2.32. The monoisotopic (exact) mass is 438 g/mol. The van der Waals surface area contributed by atoms with Crippen LogP contribution in [0.25, 0.3) is 21.5 Å². The second-order valence-corrected chi connectivity index (χ2v) is 7.57. The molecule has 1 amide bonds. The number of hydrogen-bond acceptors (Lipinski definition) is 7. The fourth-order valence-corrected chi connectivity index (χ4v) is 4.05. The minimum atomic E-state index is -0.386. The Bertz CT molecular complexity index is 1350. The van der Waals surface area contributed by atoms with Gasteiger partial charge in [0.2, 0.25) is 5.91 Å². The second kappa shape index (κ2) is 7.80. The van der Waals surface area contributed by atoms with Gasteiger partial charge in [-0.05, 0) is 47.9 Å². The molecule has 5 rings (SSSR count). The van der Waals surface area contributed by atoms with Gasteiger partial charge in [-0.15, -0.1) is 0 Å². The summed E-state index contributed by atoms with van der Waals surface area (Å²) in [5.74, 6) is 0.436. The van der Waals surface area contributed by atoms with Crippen molar-refractivity contribution in [2.24, 2.45) is 0 Å². The van der Waals surface area contributed by atoms with Gasteiger partial charge in [-0.25, -0.2) is 9.37 Å². The first-order valence-corrected chi connectivity index (χ1v) is 10.2. The number of fused-ring (bicyclic) bond motifs is 2. The summed E-state index contributed by atoms with van der Waals surface area (Å²) >= 11 is 0.999. The predicted octanol–water partition coefficient (Wildman–Crippen LogP) is 3.07. The summed E-state index contributed by atoms with van der Waals surface area (Å²) in [5, 5.41) is 2.74. The maximum Gasteiger partial charge on any atom is 0.273 e. The van der Waals surface area contributed by atoms with Gasteiger partial charge < -0.3 is 14.8 Å². The molecular weight excluding hydrogens is 423 g/mol. The van der Waals surface area contributed by atoms with Crippen molar-refractivity contribution in [3.05, 3.63) is 65.0 Å². The lowest BCUT2D eigenvalue weighted by Gasteiger charge is -2.19. The standard InChI is InChI=1S/C21H15FN4O4S/c22-13-3-1-12(2-4-13)18-19-20(31-25-18)21(28)26(11-23-19)10-17(27)24-14-5-6-15-16(9-14)30-8-7-29-15/h1-6,9,11H,7-8,10H2,(H,24,27). The third-order valence-corrected chi connectivity index (χ3v) is 5.53. The first kappa shape index (κ1) is 19.2. The van der Waals surface area contributed by atoms with Gasteiger partial charge in [0.1, 0.15) is 41.5 Å². The summed E-state index contributed by atoms with van der Waals surface area (Å²) in [6.07, 6.45) is 1.31. The average molecular weight is 438 g/mol. The molecule has 0 saturated heterocycles. The lowest BCUT2D eigenvalue weighted by atomic mass is 10.1. The molecule has 1 aliphatic heterocycles. The summed E-state index contributed by atoms with van der Waals surface area (Å²) in [5.41, 5.74) is 1.75. The smallest absolute Gasteiger partial charge is 0.273 e. The minimum absolute atomic E-state index is 0.208. The van der Waals surface area contributed by atoms with Crippen LogP contribution in [0.15, 0.2) is 53.6 Å². The summed E-state index contributed by atoms with van der Waals surface area (Å²) in [6, 6.07) is 10.9. The van der Waals surface area contributed by atoms with Gasteiger partial charge in [-0.3, -0.25) is 14.2 Å². The van der Waals surface area contributed by atoms with Crippen LogP contribution in [0.5, 0.6) is 11.5 Å². The number of hydrogen-bond donors (Lipinski definition) is 1. The molecule has 0 bridgehead atoms. The van der Waals surface area contributed by atoms with E-state index in [1.54, 1.807) is 30.3 Å². The zero-order valence-corrected chi connectivity index (χ0v) is 16.8. The van der Waals surface area contributed by atoms with Crippen LogP contribution in [-0.2, 0) is 11.3 Å². The number of nitrogens with zero attached hydrogens (tertiary/aromatic N) is 3. The van der Waals surface area contributed by atoms with Gasteiger partial charge in [-0.2, -0.15) is 4.37 Å². The van der Waals surface area contributed by atoms with Crippen LogP contribution in [0.4, 0.5) is 10.1 Å². The van der Waals surface area contributed by atoms with Gasteiger partial charge in [0, 0.05) is 17.3 Å². The average Bonchev–Trinajstić information content (AvgIpc) is 3.21. The Morgan fingerprint density at radius 3 is 2.71 bits per heavy atom. The van der Waals surface area contributed by atoms with Gasteiger partial charge in [-0.1, -0.05) is 0 Å². The Hall–Kier alpha value is -3.79. The molecule has 4 aromatic rings. The van der Waals surface area contributed by atoms with Crippen LogP contribution in [0, 0.1) is 5.82 Å². The largest absolute Gasteiger partial charge is 0.486 e. The first-order chi connectivity index (χ1) is 15.1. The highest BCUT2D eigenvalue weighted by Gasteiger charge is 2.17. The van der Waals surface area contributed by atoms with Crippen molar-refractivity contribution < 1.29 is 18.7 Å². The summed E-state index contributed by atoms with van der Waals surface area (Å²) in [7, 11) is 0. The molecule has 0 saturated carbocycles. The summed E-state index contributed by atoms with van der Waals surface area (Å²) in [6.45, 7) is 0.720. The summed E-state index contributed by atoms with van der Waals surface area (Å²) in [4.78, 5) is 29.6. The van der Waals surface area contributed by atoms with E-state index in [0.29, 0.717) is 51.9 Å². The molecule has 0 spiro atoms. The normalized spacial score (nSPS) is 12.7. The van der Waals surface area contributed by atoms with Crippen LogP contribution >= 0.6 is 11.5 Å². The maximum atomic E-state index is 13.2. The van der Waals surface area contributed by atoms with Gasteiger partial charge in [0.15, 0.2) is 11.5 Å². The van der Waals surface area contributed by atoms with Crippen molar-refractivity contribution >= 4 is 33.3 Å². The molecule has 0 radical (unpaired) electrons. The van der Waals surface area contributed by atoms with Crippen LogP contribution in [-0.4, -0.2) is 33.0 Å². The van der Waals surface area contributed by atoms with Crippen molar-refractivity contribution in [1.29, 1.82) is 0 Å². The number of benzene rings is 2. The van der Waals surface area contributed by atoms with Gasteiger partial charge in [0.05, 0.1) is 6.33 Å². The Kier molecular flexibility index (Phi) is 4.83. The zero-order valence-electron chi connectivity index (χ0n) is 16.0. The van der Waals surface area contributed by atoms with E-state index >= 15 is 0 Å². The van der Waals surface area contributed by atoms with Crippen molar-refractivity contribution in [1.82, 2.24) is 13.9 Å². The van der Waals surface area contributed by atoms with E-state index < -0.39 is 0 Å². The Morgan fingerprint density at radius 1 is 1.13 bits per heavy atom. The van der Waals surface area contributed by atoms with E-state index in [0.717, 1.165) is 11.5 Å². The maximum absolute atomic E-state index is 13.2. The number of rotatable bonds is 4. The quantitative estimate of drug-likeness (QED) is 0.526. The van der Waals surface area contributed by atoms with Crippen LogP contribution in [0.3, 0.4) is 0 Å². The molecule has 1 N–H and O–H groups in total. The SMILES string of the molecule is O=C(Cn1cnc2c(-c3ccc(F)cc3)nsc2c1=O)Nc1ccc2c(c1)OCCO2. The number of ether oxygens (including phenoxy) is 2. The van der Waals surface area contributed by atoms with Gasteiger partial charge in [0.25, 0.3) is 5.56 Å². The van der Waals surface area contributed by atoms with E-state index in [1.807, 2.05) is 0 Å². The number of halogens is 1. The molecule has 156 valence electrons. The van der Waals surface area contributed by atoms with E-state index in [-0.39, 0.29) is 23.8 Å². The number of amides is 1. The number of carbonyl (C=O) groups is 1. The lowest BCUT2D eigenvalue weighted by molar-refractivity contribution is -0.116. The molecule has 0 unspecified atom stereocenters. The molecule has 0 fully saturated rings. The second-order valence-electron chi connectivity index (χ2n) is 6.80. The molecule has 0 aliphatic carbocycles. The molecule has 0 atom stereocenters. The van der Waals surface area contributed by atoms with Crippen molar-refractivity contribution in [2.75, 3.05) is 18.5 Å². The molecule has 2 aromatic carbocycles. The van der Waals surface area contributed by atoms with E-state index in [9.17, 15) is 14.0 Å². The van der Waals surface area contributed by atoms with Crippen LogP contribution < -0.4 is 20.3 Å². The fraction of sp³-hybridized carbons (Fsp3) is 0.143. The highest BCUT2D eigenvalue weighted by atomic mass is 32.1. The Labute approximate surface area is 179 Å². The predicted molar refractivity (Wildman–Crippen MR) is 113 cm³/mol. The first-order valence-electron chi connectivity index (χ1n) is 9.39. The molecule has 1 aliphatic rings. The molecule has 8 nitrogen and oxygen atoms in total. The number of nitrogens with one attached hydrogen (secondary N) is 1. The van der Waals surface area contributed by atoms with E-state index in [4.69, 9.17) is 9.47 Å². The molecule has 3 heterocycles. The van der Waals surface area contributed by atoms with Crippen molar-refractivity contribution in [2.45, 2.75) is 6.54 Å². The van der Waals surface area contributed by atoms with Crippen LogP contribution in [0.2, 0.25) is 0 Å². The zero-order chi connectivity index (χ0) is 21.4. The highest BCUT2D eigenvalue weighted by molar-refractivity contribution is 7.13. The molecule has 10 heteroatoms.